The Kier molecular flexibility index (Phi) is 4.98. The minimum absolute atomic E-state index is 0.0335. The molecule has 0 aliphatic rings. The van der Waals surface area contributed by atoms with Gasteiger partial charge in [-0.15, -0.1) is 0 Å². The van der Waals surface area contributed by atoms with Crippen molar-refractivity contribution >= 4 is 23.3 Å². The fraction of sp³-hybridized carbons (Fsp3) is 0.0667. The molecule has 1 amide bonds. The molecule has 7 nitrogen and oxygen atoms in total. The summed E-state index contributed by atoms with van der Waals surface area (Å²) in [5.74, 6) is -1.92. The van der Waals surface area contributed by atoms with Gasteiger partial charge in [-0.3, -0.25) is 14.9 Å². The summed E-state index contributed by atoms with van der Waals surface area (Å²) in [6.07, 6.45) is 0. The van der Waals surface area contributed by atoms with Gasteiger partial charge in [0.05, 0.1) is 10.5 Å². The van der Waals surface area contributed by atoms with E-state index in [2.05, 4.69) is 5.32 Å². The van der Waals surface area contributed by atoms with Crippen LogP contribution in [-0.4, -0.2) is 23.4 Å². The molecule has 8 heteroatoms. The molecule has 0 saturated heterocycles. The zero-order valence-corrected chi connectivity index (χ0v) is 11.7. The number of nitro groups is 1. The van der Waals surface area contributed by atoms with Crippen molar-refractivity contribution in [1.82, 2.24) is 0 Å². The third-order valence-corrected chi connectivity index (χ3v) is 2.76. The van der Waals surface area contributed by atoms with Crippen LogP contribution in [0.1, 0.15) is 10.4 Å². The molecule has 0 atom stereocenters. The second kappa shape index (κ2) is 7.12. The molecule has 0 saturated carbocycles. The second-order valence-electron chi connectivity index (χ2n) is 4.44. The fourth-order valence-corrected chi connectivity index (χ4v) is 1.69. The largest absolute Gasteiger partial charge is 0.452 e. The van der Waals surface area contributed by atoms with Crippen LogP contribution in [0.2, 0.25) is 0 Å². The maximum Gasteiger partial charge on any atom is 0.338 e. The molecule has 2 aromatic carbocycles. The maximum atomic E-state index is 12.7. The Hall–Kier alpha value is -3.29. The van der Waals surface area contributed by atoms with E-state index in [1.807, 2.05) is 0 Å². The topological polar surface area (TPSA) is 98.5 Å². The van der Waals surface area contributed by atoms with Gasteiger partial charge in [0.25, 0.3) is 11.6 Å². The van der Waals surface area contributed by atoms with E-state index in [-0.39, 0.29) is 11.3 Å². The molecule has 0 heterocycles. The van der Waals surface area contributed by atoms with Crippen LogP contribution < -0.4 is 5.32 Å². The molecule has 0 radical (unpaired) electrons. The first-order valence-electron chi connectivity index (χ1n) is 6.43. The highest BCUT2D eigenvalue weighted by Crippen LogP contribution is 2.14. The lowest BCUT2D eigenvalue weighted by atomic mass is 10.2. The number of carbonyl (C=O) groups is 2. The van der Waals surface area contributed by atoms with E-state index >= 15 is 0 Å². The molecule has 23 heavy (non-hydrogen) atoms. The van der Waals surface area contributed by atoms with Crippen LogP contribution >= 0.6 is 0 Å². The molecular formula is C15H11FN2O5. The number of amides is 1. The number of hydrogen-bond donors (Lipinski definition) is 1. The quantitative estimate of drug-likeness (QED) is 0.519. The zero-order chi connectivity index (χ0) is 16.8. The van der Waals surface area contributed by atoms with Crippen molar-refractivity contribution in [3.8, 4) is 0 Å². The summed E-state index contributed by atoms with van der Waals surface area (Å²) in [6.45, 7) is -0.571. The molecule has 0 bridgehead atoms. The number of nitrogens with one attached hydrogen (secondary N) is 1. The van der Waals surface area contributed by atoms with E-state index in [1.165, 1.54) is 42.5 Å². The SMILES string of the molecule is O=C(COC(=O)c1cccc([N+](=O)[O-])c1)Nc1ccc(F)cc1. The normalized spacial score (nSPS) is 9.96. The number of nitro benzene ring substituents is 1. The summed E-state index contributed by atoms with van der Waals surface area (Å²) in [5, 5.41) is 13.0. The van der Waals surface area contributed by atoms with Gasteiger partial charge in [-0.1, -0.05) is 6.07 Å². The van der Waals surface area contributed by atoms with Crippen LogP contribution in [0.3, 0.4) is 0 Å². The smallest absolute Gasteiger partial charge is 0.338 e. The van der Waals surface area contributed by atoms with Gasteiger partial charge in [0, 0.05) is 17.8 Å². The Morgan fingerprint density at radius 1 is 1.17 bits per heavy atom. The zero-order valence-electron chi connectivity index (χ0n) is 11.7. The summed E-state index contributed by atoms with van der Waals surface area (Å²) >= 11 is 0. The molecule has 0 spiro atoms. The van der Waals surface area contributed by atoms with Crippen molar-refractivity contribution in [2.45, 2.75) is 0 Å². The molecule has 118 valence electrons. The van der Waals surface area contributed by atoms with E-state index in [4.69, 9.17) is 4.74 Å². The van der Waals surface area contributed by atoms with Gasteiger partial charge in [-0.05, 0) is 30.3 Å². The first kappa shape index (κ1) is 16.1. The average Bonchev–Trinajstić information content (AvgIpc) is 2.55. The lowest BCUT2D eigenvalue weighted by molar-refractivity contribution is -0.384. The number of benzene rings is 2. The maximum absolute atomic E-state index is 12.7. The average molecular weight is 318 g/mol. The first-order valence-corrected chi connectivity index (χ1v) is 6.43. The second-order valence-corrected chi connectivity index (χ2v) is 4.44. The first-order chi connectivity index (χ1) is 11.0. The molecular weight excluding hydrogens is 307 g/mol. The summed E-state index contributed by atoms with van der Waals surface area (Å²) in [5.41, 5.74) is 0.0618. The number of nitrogens with zero attached hydrogens (tertiary/aromatic N) is 1. The lowest BCUT2D eigenvalue weighted by Crippen LogP contribution is -2.20. The number of anilines is 1. The molecule has 0 aromatic heterocycles. The Balaban J connectivity index is 1.91. The lowest BCUT2D eigenvalue weighted by Gasteiger charge is -2.06. The van der Waals surface area contributed by atoms with E-state index in [1.54, 1.807) is 0 Å². The third kappa shape index (κ3) is 4.60. The van der Waals surface area contributed by atoms with Gasteiger partial charge in [-0.25, -0.2) is 9.18 Å². The van der Waals surface area contributed by atoms with Crippen LogP contribution in [0.15, 0.2) is 48.5 Å². The van der Waals surface area contributed by atoms with E-state index in [0.29, 0.717) is 5.69 Å². The summed E-state index contributed by atoms with van der Waals surface area (Å²) in [4.78, 5) is 33.4. The Morgan fingerprint density at radius 3 is 2.52 bits per heavy atom. The Morgan fingerprint density at radius 2 is 1.87 bits per heavy atom. The highest BCUT2D eigenvalue weighted by Gasteiger charge is 2.14. The number of hydrogen-bond acceptors (Lipinski definition) is 5. The molecule has 1 N–H and O–H groups in total. The molecule has 0 fully saturated rings. The fourth-order valence-electron chi connectivity index (χ4n) is 1.69. The number of carbonyl (C=O) groups excluding carboxylic acids is 2. The monoisotopic (exact) mass is 318 g/mol. The van der Waals surface area contributed by atoms with Crippen LogP contribution in [0.4, 0.5) is 15.8 Å². The summed E-state index contributed by atoms with van der Waals surface area (Å²) < 4.78 is 17.5. The standard InChI is InChI=1S/C15H11FN2O5/c16-11-4-6-12(7-5-11)17-14(19)9-23-15(20)10-2-1-3-13(8-10)18(21)22/h1-8H,9H2,(H,17,19). The van der Waals surface area contributed by atoms with Gasteiger partial charge >= 0.3 is 5.97 Å². The van der Waals surface area contributed by atoms with Crippen molar-refractivity contribution in [2.24, 2.45) is 0 Å². The number of rotatable bonds is 5. The summed E-state index contributed by atoms with van der Waals surface area (Å²) in [7, 11) is 0. The van der Waals surface area contributed by atoms with Gasteiger partial charge in [0.2, 0.25) is 0 Å². The van der Waals surface area contributed by atoms with Crippen molar-refractivity contribution in [3.05, 3.63) is 70.0 Å². The van der Waals surface area contributed by atoms with Crippen LogP contribution in [0.25, 0.3) is 0 Å². The third-order valence-electron chi connectivity index (χ3n) is 2.76. The summed E-state index contributed by atoms with van der Waals surface area (Å²) in [6, 6.07) is 10.0. The highest BCUT2D eigenvalue weighted by molar-refractivity contribution is 5.95. The molecule has 0 unspecified atom stereocenters. The Bertz CT molecular complexity index is 746. The Labute approximate surface area is 129 Å². The van der Waals surface area contributed by atoms with E-state index in [0.717, 1.165) is 6.07 Å². The van der Waals surface area contributed by atoms with Gasteiger partial charge in [0.15, 0.2) is 6.61 Å². The molecule has 0 aliphatic carbocycles. The predicted octanol–water partition coefficient (Wildman–Crippen LogP) is 2.53. The number of non-ortho nitro benzene ring substituents is 1. The number of halogens is 1. The van der Waals surface area contributed by atoms with E-state index < -0.39 is 29.2 Å². The van der Waals surface area contributed by atoms with Gasteiger partial charge in [-0.2, -0.15) is 0 Å². The minimum atomic E-state index is -0.858. The van der Waals surface area contributed by atoms with Crippen LogP contribution in [-0.2, 0) is 9.53 Å². The van der Waals surface area contributed by atoms with Gasteiger partial charge < -0.3 is 10.1 Å². The van der Waals surface area contributed by atoms with Crippen molar-refractivity contribution < 1.29 is 23.6 Å². The molecule has 2 rings (SSSR count). The highest BCUT2D eigenvalue weighted by atomic mass is 19.1. The number of esters is 1. The number of ether oxygens (including phenoxy) is 1. The van der Waals surface area contributed by atoms with Crippen LogP contribution in [0, 0.1) is 15.9 Å². The van der Waals surface area contributed by atoms with Crippen LogP contribution in [0.5, 0.6) is 0 Å². The van der Waals surface area contributed by atoms with Gasteiger partial charge in [0.1, 0.15) is 5.82 Å². The minimum Gasteiger partial charge on any atom is -0.452 e. The van der Waals surface area contributed by atoms with E-state index in [9.17, 15) is 24.1 Å². The molecule has 2 aromatic rings. The van der Waals surface area contributed by atoms with Crippen molar-refractivity contribution in [1.29, 1.82) is 0 Å². The molecule has 0 aliphatic heterocycles. The van der Waals surface area contributed by atoms with Crippen molar-refractivity contribution in [2.75, 3.05) is 11.9 Å². The predicted molar refractivity (Wildman–Crippen MR) is 78.4 cm³/mol. The van der Waals surface area contributed by atoms with Crippen molar-refractivity contribution in [3.63, 3.8) is 0 Å².